The second-order valence-corrected chi connectivity index (χ2v) is 7.21. The molecular formula is C16H34Al. The fraction of sp³-hybridized carbons (Fsp3) is 0.875. The fourth-order valence-corrected chi connectivity index (χ4v) is 3.00. The Bertz CT molecular complexity index is 130. The molecule has 0 amide bonds. The zero-order chi connectivity index (χ0) is 13.5. The van der Waals surface area contributed by atoms with Gasteiger partial charge in [-0.05, 0) is 12.8 Å². The van der Waals surface area contributed by atoms with E-state index in [-0.39, 0.29) is 0 Å². The van der Waals surface area contributed by atoms with E-state index in [1.165, 1.54) is 42.7 Å². The maximum atomic E-state index is 3.66. The minimum absolute atomic E-state index is 0.755. The Balaban J connectivity index is 0. The lowest BCUT2D eigenvalue weighted by atomic mass is 10.2. The Morgan fingerprint density at radius 2 is 1.47 bits per heavy atom. The predicted molar refractivity (Wildman–Crippen MR) is 84.0 cm³/mol. The molecule has 0 aromatic rings. The molecule has 0 rings (SSSR count). The van der Waals surface area contributed by atoms with Crippen LogP contribution in [0.3, 0.4) is 0 Å². The first-order valence-electron chi connectivity index (χ1n) is 7.47. The molecule has 0 aliphatic carbocycles. The SMILES string of the molecule is C=CCCCCCC.CC(C)[CH2][Al][CH2]C(C)C. The normalized spacial score (nSPS) is 10.1. The molecule has 1 heteroatoms. The fourth-order valence-electron chi connectivity index (χ4n) is 1.48. The molecule has 0 aliphatic rings. The van der Waals surface area contributed by atoms with E-state index >= 15 is 0 Å². The van der Waals surface area contributed by atoms with Crippen LogP contribution < -0.4 is 0 Å². The van der Waals surface area contributed by atoms with Gasteiger partial charge in [0.25, 0.3) is 0 Å². The first-order valence-corrected chi connectivity index (χ1v) is 9.10. The van der Waals surface area contributed by atoms with Gasteiger partial charge >= 0.3 is 0 Å². The molecule has 0 bridgehead atoms. The van der Waals surface area contributed by atoms with Crippen molar-refractivity contribution in [1.82, 2.24) is 0 Å². The van der Waals surface area contributed by atoms with Crippen molar-refractivity contribution in [3.63, 3.8) is 0 Å². The van der Waals surface area contributed by atoms with E-state index in [0.717, 1.165) is 27.1 Å². The summed E-state index contributed by atoms with van der Waals surface area (Å²) in [6.45, 7) is 15.1. The lowest BCUT2D eigenvalue weighted by Crippen LogP contribution is -1.99. The van der Waals surface area contributed by atoms with Crippen LogP contribution in [0.2, 0.25) is 10.6 Å². The van der Waals surface area contributed by atoms with Crippen molar-refractivity contribution in [3.05, 3.63) is 12.7 Å². The molecule has 0 aliphatic heterocycles. The van der Waals surface area contributed by atoms with Crippen molar-refractivity contribution in [2.75, 3.05) is 0 Å². The molecule has 0 spiro atoms. The monoisotopic (exact) mass is 253 g/mol. The summed E-state index contributed by atoms with van der Waals surface area (Å²) in [6, 6.07) is 0. The standard InChI is InChI=1S/C8H16.2C4H9.Al/c1-3-5-7-8-6-4-2;2*1-4(2)3;/h3H,1,4-8H2,2H3;2*4H,1H2,2-3H3;. The van der Waals surface area contributed by atoms with Crippen LogP contribution in [-0.2, 0) is 0 Å². The van der Waals surface area contributed by atoms with E-state index in [1.807, 2.05) is 6.08 Å². The predicted octanol–water partition coefficient (Wildman–Crippen LogP) is 5.98. The minimum atomic E-state index is 0.755. The molecular weight excluding hydrogens is 219 g/mol. The van der Waals surface area contributed by atoms with E-state index in [0.29, 0.717) is 0 Å². The Morgan fingerprint density at radius 3 is 1.82 bits per heavy atom. The Labute approximate surface area is 117 Å². The van der Waals surface area contributed by atoms with E-state index < -0.39 is 0 Å². The van der Waals surface area contributed by atoms with Crippen LogP contribution in [0.15, 0.2) is 12.7 Å². The Morgan fingerprint density at radius 1 is 0.941 bits per heavy atom. The topological polar surface area (TPSA) is 0 Å². The van der Waals surface area contributed by atoms with Crippen molar-refractivity contribution in [2.24, 2.45) is 11.8 Å². The third kappa shape index (κ3) is 26.1. The minimum Gasteiger partial charge on any atom is -0.103 e. The molecule has 0 heterocycles. The average molecular weight is 253 g/mol. The van der Waals surface area contributed by atoms with Gasteiger partial charge in [-0.2, -0.15) is 0 Å². The average Bonchev–Trinajstić information content (AvgIpc) is 2.24. The molecule has 101 valence electrons. The number of allylic oxidation sites excluding steroid dienone is 1. The molecule has 0 aromatic heterocycles. The van der Waals surface area contributed by atoms with Crippen LogP contribution >= 0.6 is 0 Å². The molecule has 1 radical (unpaired) electrons. The van der Waals surface area contributed by atoms with Gasteiger partial charge in [-0.1, -0.05) is 71.8 Å². The third-order valence-electron chi connectivity index (χ3n) is 2.54. The van der Waals surface area contributed by atoms with Gasteiger partial charge in [-0.25, -0.2) is 0 Å². The summed E-state index contributed by atoms with van der Waals surface area (Å²) in [5, 5.41) is 2.97. The van der Waals surface area contributed by atoms with Gasteiger partial charge in [0.2, 0.25) is 15.2 Å². The van der Waals surface area contributed by atoms with Gasteiger partial charge in [-0.15, -0.1) is 17.1 Å². The molecule has 0 unspecified atom stereocenters. The highest BCUT2D eigenvalue weighted by atomic mass is 27.1. The molecule has 0 atom stereocenters. The first kappa shape index (κ1) is 19.6. The second-order valence-electron chi connectivity index (χ2n) is 5.69. The largest absolute Gasteiger partial charge is 0.200 e. The quantitative estimate of drug-likeness (QED) is 0.269. The number of hydrogen-bond acceptors (Lipinski definition) is 0. The van der Waals surface area contributed by atoms with Gasteiger partial charge in [0.1, 0.15) is 0 Å². The third-order valence-corrected chi connectivity index (χ3v) is 5.09. The summed E-state index contributed by atoms with van der Waals surface area (Å²) in [6.07, 6.45) is 8.61. The summed E-state index contributed by atoms with van der Waals surface area (Å²) in [4.78, 5) is 0. The first-order chi connectivity index (χ1) is 8.04. The summed E-state index contributed by atoms with van der Waals surface area (Å²) in [5.74, 6) is 1.86. The lowest BCUT2D eigenvalue weighted by Gasteiger charge is -2.03. The van der Waals surface area contributed by atoms with E-state index in [4.69, 9.17) is 0 Å². The van der Waals surface area contributed by atoms with Crippen molar-refractivity contribution < 1.29 is 0 Å². The highest BCUT2D eigenvalue weighted by molar-refractivity contribution is 6.35. The highest BCUT2D eigenvalue weighted by Gasteiger charge is 1.98. The van der Waals surface area contributed by atoms with Gasteiger partial charge < -0.3 is 0 Å². The van der Waals surface area contributed by atoms with Crippen LogP contribution in [-0.4, -0.2) is 15.2 Å². The molecule has 0 N–H and O–H groups in total. The van der Waals surface area contributed by atoms with Gasteiger partial charge in [0.05, 0.1) is 0 Å². The summed E-state index contributed by atoms with van der Waals surface area (Å²) in [7, 11) is 0. The summed E-state index contributed by atoms with van der Waals surface area (Å²) >= 11 is 0.755. The van der Waals surface area contributed by atoms with Crippen LogP contribution in [0, 0.1) is 11.8 Å². The van der Waals surface area contributed by atoms with Gasteiger partial charge in [0.15, 0.2) is 0 Å². The molecule has 0 nitrogen and oxygen atoms in total. The Kier molecular flexibility index (Phi) is 18.8. The van der Waals surface area contributed by atoms with E-state index in [9.17, 15) is 0 Å². The lowest BCUT2D eigenvalue weighted by molar-refractivity contribution is 0.675. The van der Waals surface area contributed by atoms with Crippen molar-refractivity contribution >= 4 is 15.2 Å². The molecule has 0 aromatic carbocycles. The van der Waals surface area contributed by atoms with Crippen molar-refractivity contribution in [2.45, 2.75) is 77.3 Å². The second kappa shape index (κ2) is 16.3. The summed E-state index contributed by atoms with van der Waals surface area (Å²) < 4.78 is 0. The number of unbranched alkanes of at least 4 members (excludes halogenated alkanes) is 4. The number of rotatable bonds is 9. The van der Waals surface area contributed by atoms with Gasteiger partial charge in [-0.3, -0.25) is 0 Å². The van der Waals surface area contributed by atoms with Crippen molar-refractivity contribution in [3.8, 4) is 0 Å². The molecule has 0 fully saturated rings. The van der Waals surface area contributed by atoms with Crippen LogP contribution in [0.1, 0.15) is 66.7 Å². The van der Waals surface area contributed by atoms with Crippen molar-refractivity contribution in [1.29, 1.82) is 0 Å². The highest BCUT2D eigenvalue weighted by Crippen LogP contribution is 2.05. The van der Waals surface area contributed by atoms with E-state index in [1.54, 1.807) is 0 Å². The zero-order valence-corrected chi connectivity index (χ0v) is 14.1. The van der Waals surface area contributed by atoms with Crippen LogP contribution in [0.4, 0.5) is 0 Å². The number of hydrogen-bond donors (Lipinski definition) is 0. The molecule has 0 saturated heterocycles. The van der Waals surface area contributed by atoms with Crippen LogP contribution in [0.5, 0.6) is 0 Å². The summed E-state index contributed by atoms with van der Waals surface area (Å²) in [5.41, 5.74) is 0. The van der Waals surface area contributed by atoms with Crippen LogP contribution in [0.25, 0.3) is 0 Å². The Hall–Kier alpha value is 0.272. The maximum absolute atomic E-state index is 3.66. The smallest absolute Gasteiger partial charge is 0.103 e. The molecule has 17 heavy (non-hydrogen) atoms. The maximum Gasteiger partial charge on any atom is 0.200 e. The van der Waals surface area contributed by atoms with Gasteiger partial charge in [0, 0.05) is 0 Å². The van der Waals surface area contributed by atoms with E-state index in [2.05, 4.69) is 41.2 Å². The molecule has 0 saturated carbocycles. The zero-order valence-electron chi connectivity index (χ0n) is 13.0.